The van der Waals surface area contributed by atoms with Gasteiger partial charge in [-0.25, -0.2) is 14.5 Å². The predicted molar refractivity (Wildman–Crippen MR) is 207 cm³/mol. The third-order valence-electron chi connectivity index (χ3n) is 8.64. The van der Waals surface area contributed by atoms with Gasteiger partial charge in [0, 0.05) is 34.9 Å². The van der Waals surface area contributed by atoms with E-state index in [1.54, 1.807) is 18.0 Å². The van der Waals surface area contributed by atoms with Crippen molar-refractivity contribution in [3.63, 3.8) is 0 Å². The second-order valence-electron chi connectivity index (χ2n) is 13.7. The van der Waals surface area contributed by atoms with E-state index in [2.05, 4.69) is 41.7 Å². The van der Waals surface area contributed by atoms with Crippen LogP contribution in [0.4, 0.5) is 22.1 Å². The number of fused-ring (bicyclic) bond motifs is 1. The van der Waals surface area contributed by atoms with Crippen molar-refractivity contribution in [3.05, 3.63) is 132 Å². The summed E-state index contributed by atoms with van der Waals surface area (Å²) in [4.78, 5) is 30.4. The number of hydrogen-bond donors (Lipinski definition) is 3. The molecule has 0 aliphatic carbocycles. The Morgan fingerprint density at radius 1 is 0.808 bits per heavy atom. The van der Waals surface area contributed by atoms with Crippen molar-refractivity contribution in [3.8, 4) is 17.2 Å². The van der Waals surface area contributed by atoms with Crippen molar-refractivity contribution < 1.29 is 19.1 Å². The highest BCUT2D eigenvalue weighted by molar-refractivity contribution is 6.07. The van der Waals surface area contributed by atoms with Crippen LogP contribution in [0.15, 0.2) is 109 Å². The maximum absolute atomic E-state index is 13.4. The number of aromatic nitrogens is 3. The number of rotatable bonds is 12. The van der Waals surface area contributed by atoms with Crippen LogP contribution in [0.2, 0.25) is 0 Å². The van der Waals surface area contributed by atoms with Gasteiger partial charge in [0.05, 0.1) is 24.2 Å². The van der Waals surface area contributed by atoms with E-state index in [1.165, 1.54) is 0 Å². The standard InChI is InChI=1S/C42H44N6O4/c1-28-13-17-31(18-14-28)48-39(26-37(47-48)42(2,3)4)46-41(50)44-35-21-22-36(34-11-7-6-10-33(34)35)52-27-30-23-24-43-38(25-30)45-40(49)12-8-9-29-15-19-32(51-5)20-16-29/h6-7,10-11,13-26H,8-9,12,27H2,1-5H3,(H,43,45,49)(H2,44,46,50). The molecule has 4 aromatic carbocycles. The Kier molecular flexibility index (Phi) is 10.8. The first-order valence-corrected chi connectivity index (χ1v) is 17.3. The first kappa shape index (κ1) is 35.7. The molecule has 0 spiro atoms. The van der Waals surface area contributed by atoms with Gasteiger partial charge >= 0.3 is 6.03 Å². The van der Waals surface area contributed by atoms with Crippen LogP contribution >= 0.6 is 0 Å². The molecule has 10 heteroatoms. The largest absolute Gasteiger partial charge is 0.497 e. The molecule has 3 N–H and O–H groups in total. The summed E-state index contributed by atoms with van der Waals surface area (Å²) in [6, 6.07) is 32.5. The summed E-state index contributed by atoms with van der Waals surface area (Å²) >= 11 is 0. The predicted octanol–water partition coefficient (Wildman–Crippen LogP) is 9.22. The number of amides is 3. The third-order valence-corrected chi connectivity index (χ3v) is 8.64. The van der Waals surface area contributed by atoms with Crippen molar-refractivity contribution in [2.24, 2.45) is 0 Å². The lowest BCUT2D eigenvalue weighted by atomic mass is 9.92. The number of aryl methyl sites for hydroxylation is 2. The zero-order valence-electron chi connectivity index (χ0n) is 30.2. The Labute approximate surface area is 304 Å². The molecular formula is C42H44N6O4. The molecule has 10 nitrogen and oxygen atoms in total. The fourth-order valence-corrected chi connectivity index (χ4v) is 5.74. The quantitative estimate of drug-likeness (QED) is 0.117. The van der Waals surface area contributed by atoms with Gasteiger partial charge in [0.1, 0.15) is 29.7 Å². The number of ether oxygens (including phenoxy) is 2. The van der Waals surface area contributed by atoms with Gasteiger partial charge in [-0.3, -0.25) is 10.1 Å². The monoisotopic (exact) mass is 696 g/mol. The van der Waals surface area contributed by atoms with Gasteiger partial charge in [0.25, 0.3) is 0 Å². The van der Waals surface area contributed by atoms with Crippen LogP contribution in [0, 0.1) is 6.92 Å². The van der Waals surface area contributed by atoms with Gasteiger partial charge in [-0.05, 0) is 79.4 Å². The lowest BCUT2D eigenvalue weighted by Crippen LogP contribution is -2.21. The van der Waals surface area contributed by atoms with Gasteiger partial charge < -0.3 is 20.1 Å². The minimum absolute atomic E-state index is 0.0913. The number of nitrogens with one attached hydrogen (secondary N) is 3. The Morgan fingerprint density at radius 2 is 1.56 bits per heavy atom. The molecule has 52 heavy (non-hydrogen) atoms. The third kappa shape index (κ3) is 8.95. The molecule has 0 unspecified atom stereocenters. The van der Waals surface area contributed by atoms with E-state index in [1.807, 2.05) is 110 Å². The van der Waals surface area contributed by atoms with Crippen LogP contribution in [0.5, 0.6) is 11.5 Å². The summed E-state index contributed by atoms with van der Waals surface area (Å²) < 4.78 is 13.2. The number of nitrogens with zero attached hydrogens (tertiary/aromatic N) is 3. The number of carbonyl (C=O) groups is 2. The Morgan fingerprint density at radius 3 is 2.29 bits per heavy atom. The summed E-state index contributed by atoms with van der Waals surface area (Å²) in [5.41, 5.74) is 5.29. The highest BCUT2D eigenvalue weighted by Gasteiger charge is 2.22. The van der Waals surface area contributed by atoms with E-state index in [9.17, 15) is 9.59 Å². The topological polar surface area (TPSA) is 119 Å². The Balaban J connectivity index is 1.09. The molecule has 2 heterocycles. The van der Waals surface area contributed by atoms with Gasteiger partial charge in [-0.2, -0.15) is 5.10 Å². The number of anilines is 3. The molecular weight excluding hydrogens is 652 g/mol. The minimum Gasteiger partial charge on any atom is -0.497 e. The number of urea groups is 1. The Hall–Kier alpha value is -6.16. The molecule has 6 rings (SSSR count). The molecule has 3 amide bonds. The molecule has 2 aromatic heterocycles. The van der Waals surface area contributed by atoms with Crippen molar-refractivity contribution >= 4 is 40.0 Å². The Bertz CT molecular complexity index is 2170. The van der Waals surface area contributed by atoms with E-state index in [0.29, 0.717) is 29.5 Å². The van der Waals surface area contributed by atoms with Crippen molar-refractivity contribution in [1.82, 2.24) is 14.8 Å². The first-order valence-electron chi connectivity index (χ1n) is 17.3. The number of methoxy groups -OCH3 is 1. The zero-order valence-corrected chi connectivity index (χ0v) is 30.2. The van der Waals surface area contributed by atoms with Gasteiger partial charge in [-0.15, -0.1) is 0 Å². The van der Waals surface area contributed by atoms with E-state index in [-0.39, 0.29) is 24.0 Å². The van der Waals surface area contributed by atoms with Crippen LogP contribution in [-0.2, 0) is 23.2 Å². The maximum atomic E-state index is 13.4. The summed E-state index contributed by atoms with van der Waals surface area (Å²) in [5, 5.41) is 15.4. The van der Waals surface area contributed by atoms with Crippen LogP contribution < -0.4 is 25.4 Å². The molecule has 0 atom stereocenters. The fraction of sp³-hybridized carbons (Fsp3) is 0.238. The van der Waals surface area contributed by atoms with E-state index < -0.39 is 0 Å². The van der Waals surface area contributed by atoms with Crippen molar-refractivity contribution in [2.45, 2.75) is 59.0 Å². The summed E-state index contributed by atoms with van der Waals surface area (Å²) in [7, 11) is 1.64. The summed E-state index contributed by atoms with van der Waals surface area (Å²) in [6.45, 7) is 8.57. The molecule has 0 bridgehead atoms. The van der Waals surface area contributed by atoms with Gasteiger partial charge in [0.2, 0.25) is 5.91 Å². The molecule has 266 valence electrons. The van der Waals surface area contributed by atoms with E-state index >= 15 is 0 Å². The highest BCUT2D eigenvalue weighted by Crippen LogP contribution is 2.33. The molecule has 0 aliphatic rings. The number of carbonyl (C=O) groups excluding carboxylic acids is 2. The molecule has 0 saturated heterocycles. The maximum Gasteiger partial charge on any atom is 0.324 e. The molecule has 0 fully saturated rings. The lowest BCUT2D eigenvalue weighted by Gasteiger charge is -2.15. The second kappa shape index (κ2) is 15.8. The number of benzene rings is 4. The van der Waals surface area contributed by atoms with Crippen molar-refractivity contribution in [1.29, 1.82) is 0 Å². The molecule has 0 aliphatic heterocycles. The summed E-state index contributed by atoms with van der Waals surface area (Å²) in [6.07, 6.45) is 3.55. The van der Waals surface area contributed by atoms with Gasteiger partial charge in [-0.1, -0.05) is 74.9 Å². The smallest absolute Gasteiger partial charge is 0.324 e. The molecule has 0 saturated carbocycles. The van der Waals surface area contributed by atoms with Gasteiger partial charge in [0.15, 0.2) is 0 Å². The van der Waals surface area contributed by atoms with Crippen LogP contribution in [0.25, 0.3) is 16.5 Å². The molecule has 0 radical (unpaired) electrons. The zero-order chi connectivity index (χ0) is 36.7. The van der Waals surface area contributed by atoms with E-state index in [0.717, 1.165) is 57.4 Å². The number of hydrogen-bond acceptors (Lipinski definition) is 6. The average molecular weight is 697 g/mol. The van der Waals surface area contributed by atoms with Crippen LogP contribution in [-0.4, -0.2) is 33.8 Å². The van der Waals surface area contributed by atoms with Crippen LogP contribution in [0.3, 0.4) is 0 Å². The average Bonchev–Trinajstić information content (AvgIpc) is 3.56. The minimum atomic E-state index is -0.389. The fourth-order valence-electron chi connectivity index (χ4n) is 5.74. The summed E-state index contributed by atoms with van der Waals surface area (Å²) in [5.74, 6) is 2.43. The SMILES string of the molecule is COc1ccc(CCCC(=O)Nc2cc(COc3ccc(NC(=O)Nc4cc(C(C)(C)C)nn4-c4ccc(C)cc4)c4ccccc34)ccn2)cc1. The van der Waals surface area contributed by atoms with Crippen LogP contribution in [0.1, 0.15) is 56.0 Å². The highest BCUT2D eigenvalue weighted by atomic mass is 16.5. The van der Waals surface area contributed by atoms with E-state index in [4.69, 9.17) is 14.6 Å². The molecule has 6 aromatic rings. The normalized spacial score (nSPS) is 11.2. The lowest BCUT2D eigenvalue weighted by molar-refractivity contribution is -0.116. The number of pyridine rings is 1. The van der Waals surface area contributed by atoms with Crippen molar-refractivity contribution in [2.75, 3.05) is 23.1 Å². The first-order chi connectivity index (χ1) is 25.1. The second-order valence-corrected chi connectivity index (χ2v) is 13.7.